The topological polar surface area (TPSA) is 108 Å². The summed E-state index contributed by atoms with van der Waals surface area (Å²) in [6.07, 6.45) is 3.05. The lowest BCUT2D eigenvalue weighted by Crippen LogP contribution is -2.33. The van der Waals surface area contributed by atoms with E-state index in [9.17, 15) is 19.7 Å². The van der Waals surface area contributed by atoms with Crippen LogP contribution in [0, 0.1) is 10.1 Å². The molecule has 0 amide bonds. The highest BCUT2D eigenvalue weighted by molar-refractivity contribution is 6.00. The summed E-state index contributed by atoms with van der Waals surface area (Å²) in [5.41, 5.74) is 2.63. The molecule has 1 N–H and O–H groups in total. The Balaban J connectivity index is 1.99. The van der Waals surface area contributed by atoms with Crippen LogP contribution in [0.1, 0.15) is 44.7 Å². The predicted molar refractivity (Wildman–Crippen MR) is 132 cm³/mol. The van der Waals surface area contributed by atoms with Crippen molar-refractivity contribution >= 4 is 23.7 Å². The van der Waals surface area contributed by atoms with Gasteiger partial charge in [-0.1, -0.05) is 48.5 Å². The number of rotatable bonds is 8. The van der Waals surface area contributed by atoms with Crippen LogP contribution in [0.5, 0.6) is 0 Å². The lowest BCUT2D eigenvalue weighted by Gasteiger charge is -2.30. The number of carbonyl (C=O) groups excluding carboxylic acids is 2. The third kappa shape index (κ3) is 6.03. The Morgan fingerprint density at radius 3 is 2.34 bits per heavy atom. The van der Waals surface area contributed by atoms with Crippen LogP contribution in [0.2, 0.25) is 0 Å². The highest BCUT2D eigenvalue weighted by Gasteiger charge is 2.38. The number of nitrogens with zero attached hydrogens (tertiary/aromatic N) is 1. The number of hydrogen-bond donors (Lipinski definition) is 1. The third-order valence-electron chi connectivity index (χ3n) is 5.54. The molecule has 0 aromatic heterocycles. The molecule has 0 radical (unpaired) electrons. The first kappa shape index (κ1) is 25.4. The smallest absolute Gasteiger partial charge is 0.337 e. The van der Waals surface area contributed by atoms with Gasteiger partial charge in [0.25, 0.3) is 5.69 Å². The first-order valence-corrected chi connectivity index (χ1v) is 11.3. The molecule has 0 bridgehead atoms. The van der Waals surface area contributed by atoms with Crippen LogP contribution in [0.15, 0.2) is 83.2 Å². The summed E-state index contributed by atoms with van der Waals surface area (Å²) in [5.74, 6) is -2.14. The van der Waals surface area contributed by atoms with Gasteiger partial charge in [0.15, 0.2) is 0 Å². The Morgan fingerprint density at radius 1 is 1.06 bits per heavy atom. The minimum absolute atomic E-state index is 0.140. The van der Waals surface area contributed by atoms with Gasteiger partial charge in [0.1, 0.15) is 6.10 Å². The zero-order valence-electron chi connectivity index (χ0n) is 20.1. The Morgan fingerprint density at radius 2 is 1.71 bits per heavy atom. The number of hydrogen-bond acceptors (Lipinski definition) is 7. The molecule has 2 aromatic carbocycles. The van der Waals surface area contributed by atoms with E-state index in [4.69, 9.17) is 9.47 Å². The summed E-state index contributed by atoms with van der Waals surface area (Å²) in [4.78, 5) is 37.2. The number of nitro groups is 1. The normalized spacial score (nSPS) is 16.6. The highest BCUT2D eigenvalue weighted by Crippen LogP contribution is 2.40. The van der Waals surface area contributed by atoms with Gasteiger partial charge in [-0.25, -0.2) is 9.59 Å². The van der Waals surface area contributed by atoms with Crippen LogP contribution in [-0.2, 0) is 19.1 Å². The van der Waals surface area contributed by atoms with Crippen LogP contribution < -0.4 is 5.32 Å². The Bertz CT molecular complexity index is 1210. The van der Waals surface area contributed by atoms with Crippen molar-refractivity contribution in [2.24, 2.45) is 0 Å². The molecule has 2 aromatic rings. The van der Waals surface area contributed by atoms with Gasteiger partial charge in [0.05, 0.1) is 28.6 Å². The molecule has 1 aliphatic heterocycles. The second-order valence-electron chi connectivity index (χ2n) is 8.09. The summed E-state index contributed by atoms with van der Waals surface area (Å²) in [5, 5.41) is 14.5. The molecule has 0 fully saturated rings. The predicted octanol–water partition coefficient (Wildman–Crippen LogP) is 5.04. The maximum absolute atomic E-state index is 13.4. The summed E-state index contributed by atoms with van der Waals surface area (Å²) in [6.45, 7) is 6.97. The lowest BCUT2D eigenvalue weighted by molar-refractivity contribution is -0.384. The summed E-state index contributed by atoms with van der Waals surface area (Å²) in [7, 11) is 0. The molecule has 182 valence electrons. The highest BCUT2D eigenvalue weighted by atomic mass is 16.6. The van der Waals surface area contributed by atoms with Crippen LogP contribution in [0.4, 0.5) is 5.69 Å². The maximum atomic E-state index is 13.4. The Hall–Kier alpha value is -4.20. The third-order valence-corrected chi connectivity index (χ3v) is 5.54. The zero-order chi connectivity index (χ0) is 25.5. The molecular formula is C27H28N2O6. The molecule has 2 unspecified atom stereocenters. The van der Waals surface area contributed by atoms with Gasteiger partial charge in [0, 0.05) is 23.5 Å². The van der Waals surface area contributed by atoms with E-state index in [-0.39, 0.29) is 23.4 Å². The first-order chi connectivity index (χ1) is 16.7. The van der Waals surface area contributed by atoms with Crippen molar-refractivity contribution in [3.63, 3.8) is 0 Å². The first-order valence-electron chi connectivity index (χ1n) is 11.3. The van der Waals surface area contributed by atoms with Crippen LogP contribution in [0.25, 0.3) is 6.08 Å². The fourth-order valence-corrected chi connectivity index (χ4v) is 3.98. The standard InChI is InChI=1S/C27H28N2O6/c1-5-34-26(30)23-18(3)28-19(4)24(25(23)21-12-9-13-22(16-21)29(32)33)27(31)35-17(2)14-15-20-10-7-6-8-11-20/h6-17,25,28H,5H2,1-4H3. The van der Waals surface area contributed by atoms with Crippen molar-refractivity contribution in [3.8, 4) is 0 Å². The number of dihydropyridines is 1. The van der Waals surface area contributed by atoms with Gasteiger partial charge < -0.3 is 14.8 Å². The second-order valence-corrected chi connectivity index (χ2v) is 8.09. The molecule has 8 nitrogen and oxygen atoms in total. The minimum atomic E-state index is -0.895. The molecule has 1 aliphatic rings. The number of carbonyl (C=O) groups is 2. The van der Waals surface area contributed by atoms with Crippen molar-refractivity contribution in [1.29, 1.82) is 0 Å². The molecule has 3 rings (SSSR count). The molecular weight excluding hydrogens is 448 g/mol. The summed E-state index contributed by atoms with van der Waals surface area (Å²) >= 11 is 0. The van der Waals surface area contributed by atoms with Crippen molar-refractivity contribution in [2.75, 3.05) is 6.61 Å². The van der Waals surface area contributed by atoms with Crippen molar-refractivity contribution < 1.29 is 24.0 Å². The fraction of sp³-hybridized carbons (Fsp3) is 0.259. The number of non-ortho nitro benzene ring substituents is 1. The summed E-state index contributed by atoms with van der Waals surface area (Å²) < 4.78 is 11.0. The average Bonchev–Trinajstić information content (AvgIpc) is 2.83. The van der Waals surface area contributed by atoms with Gasteiger partial charge in [-0.15, -0.1) is 0 Å². The van der Waals surface area contributed by atoms with E-state index in [0.29, 0.717) is 17.0 Å². The van der Waals surface area contributed by atoms with E-state index >= 15 is 0 Å². The van der Waals surface area contributed by atoms with Gasteiger partial charge >= 0.3 is 11.9 Å². The average molecular weight is 477 g/mol. The van der Waals surface area contributed by atoms with E-state index in [2.05, 4.69) is 5.32 Å². The van der Waals surface area contributed by atoms with E-state index in [0.717, 1.165) is 5.56 Å². The quantitative estimate of drug-likeness (QED) is 0.323. The molecule has 8 heteroatoms. The summed E-state index contributed by atoms with van der Waals surface area (Å²) in [6, 6.07) is 15.5. The van der Waals surface area contributed by atoms with Crippen LogP contribution >= 0.6 is 0 Å². The molecule has 1 heterocycles. The lowest BCUT2D eigenvalue weighted by atomic mass is 9.80. The van der Waals surface area contributed by atoms with E-state index in [1.165, 1.54) is 18.2 Å². The fourth-order valence-electron chi connectivity index (χ4n) is 3.98. The second kappa shape index (κ2) is 11.3. The molecule has 0 saturated heterocycles. The Labute approximate surface area is 204 Å². The maximum Gasteiger partial charge on any atom is 0.337 e. The van der Waals surface area contributed by atoms with Crippen LogP contribution in [0.3, 0.4) is 0 Å². The number of allylic oxidation sites excluding steroid dienone is 2. The van der Waals surface area contributed by atoms with Crippen LogP contribution in [-0.4, -0.2) is 29.6 Å². The van der Waals surface area contributed by atoms with E-state index < -0.39 is 28.9 Å². The van der Waals surface area contributed by atoms with Crippen molar-refractivity contribution in [2.45, 2.75) is 39.7 Å². The monoisotopic (exact) mass is 476 g/mol. The van der Waals surface area contributed by atoms with Gasteiger partial charge in [0.2, 0.25) is 0 Å². The van der Waals surface area contributed by atoms with E-state index in [1.54, 1.807) is 39.8 Å². The van der Waals surface area contributed by atoms with Gasteiger partial charge in [-0.3, -0.25) is 10.1 Å². The van der Waals surface area contributed by atoms with Crippen molar-refractivity contribution in [3.05, 3.63) is 104 Å². The SMILES string of the molecule is CCOC(=O)C1=C(C)NC(C)=C(C(=O)OC(C)C=Cc2ccccc2)C1c1cccc([N+](=O)[O-])c1. The number of ether oxygens (including phenoxy) is 2. The molecule has 0 saturated carbocycles. The van der Waals surface area contributed by atoms with E-state index in [1.807, 2.05) is 36.4 Å². The number of nitrogens with one attached hydrogen (secondary N) is 1. The number of nitro benzene ring substituents is 1. The molecule has 0 spiro atoms. The number of benzene rings is 2. The molecule has 0 aliphatic carbocycles. The largest absolute Gasteiger partial charge is 0.463 e. The zero-order valence-corrected chi connectivity index (χ0v) is 20.1. The van der Waals surface area contributed by atoms with Gasteiger partial charge in [-0.05, 0) is 44.9 Å². The minimum Gasteiger partial charge on any atom is -0.463 e. The molecule has 35 heavy (non-hydrogen) atoms. The van der Waals surface area contributed by atoms with Crippen molar-refractivity contribution in [1.82, 2.24) is 5.32 Å². The molecule has 2 atom stereocenters. The number of esters is 2. The Kier molecular flexibility index (Phi) is 8.20. The van der Waals surface area contributed by atoms with Gasteiger partial charge in [-0.2, -0.15) is 0 Å².